The molecule has 1 atom stereocenters. The predicted octanol–water partition coefficient (Wildman–Crippen LogP) is 1.88. The fourth-order valence-electron chi connectivity index (χ4n) is 3.00. The number of hydrogen-bond donors (Lipinski definition) is 1. The molecule has 0 aliphatic carbocycles. The first kappa shape index (κ1) is 16.3. The molecule has 1 aliphatic rings. The van der Waals surface area contributed by atoms with Crippen molar-refractivity contribution in [3.63, 3.8) is 0 Å². The molecule has 0 bridgehead atoms. The van der Waals surface area contributed by atoms with Gasteiger partial charge in [-0.25, -0.2) is 0 Å². The van der Waals surface area contributed by atoms with Crippen LogP contribution < -0.4 is 10.2 Å². The van der Waals surface area contributed by atoms with Crippen molar-refractivity contribution in [2.75, 3.05) is 25.5 Å². The summed E-state index contributed by atoms with van der Waals surface area (Å²) in [6.07, 6.45) is 0.771. The zero-order valence-corrected chi connectivity index (χ0v) is 13.9. The number of benzene rings is 1. The summed E-state index contributed by atoms with van der Waals surface area (Å²) in [5.41, 5.74) is 0.929. The van der Waals surface area contributed by atoms with Gasteiger partial charge in [0.2, 0.25) is 5.91 Å². The third-order valence-electron chi connectivity index (χ3n) is 4.29. The van der Waals surface area contributed by atoms with E-state index in [0.717, 1.165) is 12.1 Å². The summed E-state index contributed by atoms with van der Waals surface area (Å²) in [6, 6.07) is 12.9. The molecular formula is C18H21N3O3. The molecule has 2 aromatic rings. The normalized spacial score (nSPS) is 17.5. The van der Waals surface area contributed by atoms with Gasteiger partial charge in [0, 0.05) is 19.3 Å². The minimum atomic E-state index is -0.254. The topological polar surface area (TPSA) is 65.8 Å². The van der Waals surface area contributed by atoms with Crippen LogP contribution in [0.25, 0.3) is 0 Å². The smallest absolute Gasteiger partial charge is 0.286 e. The van der Waals surface area contributed by atoms with Gasteiger partial charge < -0.3 is 14.6 Å². The molecule has 1 aliphatic heterocycles. The van der Waals surface area contributed by atoms with E-state index in [0.29, 0.717) is 18.8 Å². The van der Waals surface area contributed by atoms with Crippen molar-refractivity contribution < 1.29 is 14.0 Å². The van der Waals surface area contributed by atoms with Gasteiger partial charge in [0.05, 0.1) is 12.6 Å². The molecule has 126 valence electrons. The van der Waals surface area contributed by atoms with Gasteiger partial charge in [-0.1, -0.05) is 18.2 Å². The summed E-state index contributed by atoms with van der Waals surface area (Å²) in [5, 5.41) is 2.53. The molecule has 24 heavy (non-hydrogen) atoms. The fourth-order valence-corrected chi connectivity index (χ4v) is 3.00. The molecule has 2 heterocycles. The van der Waals surface area contributed by atoms with Crippen molar-refractivity contribution in [3.05, 3.63) is 54.0 Å². The molecular weight excluding hydrogens is 306 g/mol. The van der Waals surface area contributed by atoms with Crippen molar-refractivity contribution in [2.24, 2.45) is 0 Å². The van der Waals surface area contributed by atoms with E-state index >= 15 is 0 Å². The van der Waals surface area contributed by atoms with E-state index in [2.05, 4.69) is 5.32 Å². The number of nitrogens with one attached hydrogen (secondary N) is 1. The van der Waals surface area contributed by atoms with E-state index in [4.69, 9.17) is 4.42 Å². The molecule has 1 N–H and O–H groups in total. The number of hydrogen-bond acceptors (Lipinski definition) is 4. The van der Waals surface area contributed by atoms with Gasteiger partial charge >= 0.3 is 0 Å². The molecule has 0 spiro atoms. The molecule has 0 unspecified atom stereocenters. The number of anilines is 1. The zero-order valence-electron chi connectivity index (χ0n) is 13.9. The van der Waals surface area contributed by atoms with Crippen LogP contribution in [-0.4, -0.2) is 43.4 Å². The first-order chi connectivity index (χ1) is 11.6. The van der Waals surface area contributed by atoms with E-state index in [9.17, 15) is 9.59 Å². The summed E-state index contributed by atoms with van der Waals surface area (Å²) in [5.74, 6) is 0.796. The van der Waals surface area contributed by atoms with Crippen LogP contribution in [0.15, 0.2) is 46.9 Å². The Bertz CT molecular complexity index is 726. The summed E-state index contributed by atoms with van der Waals surface area (Å²) in [4.78, 5) is 28.0. The Hall–Kier alpha value is -2.60. The average molecular weight is 327 g/mol. The van der Waals surface area contributed by atoms with Crippen LogP contribution in [0.4, 0.5) is 5.69 Å². The van der Waals surface area contributed by atoms with Crippen molar-refractivity contribution in [2.45, 2.75) is 19.0 Å². The summed E-state index contributed by atoms with van der Waals surface area (Å²) < 4.78 is 5.53. The number of amides is 2. The number of likely N-dealkylation sites (N-methyl/N-ethyl adjacent to an activating group) is 1. The minimum absolute atomic E-state index is 0.0989. The molecule has 2 amide bonds. The molecule has 1 fully saturated rings. The monoisotopic (exact) mass is 327 g/mol. The van der Waals surface area contributed by atoms with Crippen LogP contribution in [0, 0.1) is 0 Å². The maximum Gasteiger partial charge on any atom is 0.286 e. The Labute approximate surface area is 141 Å². The van der Waals surface area contributed by atoms with Gasteiger partial charge in [0.1, 0.15) is 5.76 Å². The second-order valence-electron chi connectivity index (χ2n) is 5.89. The Morgan fingerprint density at radius 1 is 1.29 bits per heavy atom. The number of para-hydroxylation sites is 1. The molecule has 3 rings (SSSR count). The standard InChI is InChI=1S/C18H21N3O3/c1-19-17(22)16-9-8-14(24-16)12-20(2)15-10-11-21(18(15)23)13-6-4-3-5-7-13/h3-9,15H,10-12H2,1-2H3,(H,19,22)/t15-/m1/s1. The first-order valence-corrected chi connectivity index (χ1v) is 7.97. The lowest BCUT2D eigenvalue weighted by molar-refractivity contribution is -0.121. The average Bonchev–Trinajstić information content (AvgIpc) is 3.21. The zero-order chi connectivity index (χ0) is 17.1. The van der Waals surface area contributed by atoms with Gasteiger partial charge in [0.25, 0.3) is 5.91 Å². The largest absolute Gasteiger partial charge is 0.455 e. The maximum atomic E-state index is 12.7. The van der Waals surface area contributed by atoms with E-state index < -0.39 is 0 Å². The van der Waals surface area contributed by atoms with Crippen LogP contribution in [0.1, 0.15) is 22.7 Å². The number of nitrogens with zero attached hydrogens (tertiary/aromatic N) is 2. The third-order valence-corrected chi connectivity index (χ3v) is 4.29. The highest BCUT2D eigenvalue weighted by Gasteiger charge is 2.35. The summed E-state index contributed by atoms with van der Waals surface area (Å²) in [7, 11) is 3.46. The Balaban J connectivity index is 1.65. The second-order valence-corrected chi connectivity index (χ2v) is 5.89. The van der Waals surface area contributed by atoms with Crippen molar-refractivity contribution in [1.29, 1.82) is 0 Å². The van der Waals surface area contributed by atoms with Gasteiger partial charge in [-0.15, -0.1) is 0 Å². The fraction of sp³-hybridized carbons (Fsp3) is 0.333. The van der Waals surface area contributed by atoms with Crippen LogP contribution in [-0.2, 0) is 11.3 Å². The lowest BCUT2D eigenvalue weighted by atomic mass is 10.2. The van der Waals surface area contributed by atoms with E-state index in [1.54, 1.807) is 19.2 Å². The lowest BCUT2D eigenvalue weighted by Gasteiger charge is -2.23. The lowest BCUT2D eigenvalue weighted by Crippen LogP contribution is -2.39. The highest BCUT2D eigenvalue weighted by atomic mass is 16.4. The van der Waals surface area contributed by atoms with Crippen molar-refractivity contribution >= 4 is 17.5 Å². The molecule has 1 saturated heterocycles. The number of furan rings is 1. The molecule has 6 heteroatoms. The number of carbonyl (C=O) groups is 2. The summed E-state index contributed by atoms with van der Waals surface area (Å²) in [6.45, 7) is 1.19. The van der Waals surface area contributed by atoms with E-state index in [-0.39, 0.29) is 23.6 Å². The quantitative estimate of drug-likeness (QED) is 0.910. The molecule has 1 aromatic heterocycles. The van der Waals surface area contributed by atoms with Crippen LogP contribution in [0.2, 0.25) is 0 Å². The van der Waals surface area contributed by atoms with E-state index in [1.165, 1.54) is 0 Å². The molecule has 6 nitrogen and oxygen atoms in total. The van der Waals surface area contributed by atoms with Gasteiger partial charge in [-0.3, -0.25) is 14.5 Å². The third kappa shape index (κ3) is 3.19. The molecule has 1 aromatic carbocycles. The number of carbonyl (C=O) groups excluding carboxylic acids is 2. The van der Waals surface area contributed by atoms with E-state index in [1.807, 2.05) is 47.2 Å². The van der Waals surface area contributed by atoms with Gasteiger partial charge in [0.15, 0.2) is 5.76 Å². The first-order valence-electron chi connectivity index (χ1n) is 7.97. The van der Waals surface area contributed by atoms with Gasteiger partial charge in [-0.05, 0) is 37.7 Å². The Kier molecular flexibility index (Phi) is 4.66. The predicted molar refractivity (Wildman–Crippen MR) is 90.8 cm³/mol. The maximum absolute atomic E-state index is 12.7. The Morgan fingerprint density at radius 3 is 2.75 bits per heavy atom. The van der Waals surface area contributed by atoms with Crippen molar-refractivity contribution in [1.82, 2.24) is 10.2 Å². The minimum Gasteiger partial charge on any atom is -0.455 e. The molecule has 0 saturated carbocycles. The SMILES string of the molecule is CNC(=O)c1ccc(CN(C)[C@@H]2CCN(c3ccccc3)C2=O)o1. The highest BCUT2D eigenvalue weighted by molar-refractivity contribution is 5.99. The summed E-state index contributed by atoms with van der Waals surface area (Å²) >= 11 is 0. The number of rotatable bonds is 5. The van der Waals surface area contributed by atoms with Crippen LogP contribution >= 0.6 is 0 Å². The Morgan fingerprint density at radius 2 is 2.04 bits per heavy atom. The van der Waals surface area contributed by atoms with Crippen LogP contribution in [0.3, 0.4) is 0 Å². The second kappa shape index (κ2) is 6.88. The van der Waals surface area contributed by atoms with Crippen LogP contribution in [0.5, 0.6) is 0 Å². The van der Waals surface area contributed by atoms with Crippen molar-refractivity contribution in [3.8, 4) is 0 Å². The van der Waals surface area contributed by atoms with Gasteiger partial charge in [-0.2, -0.15) is 0 Å². The highest BCUT2D eigenvalue weighted by Crippen LogP contribution is 2.24. The molecule has 0 radical (unpaired) electrons.